The lowest BCUT2D eigenvalue weighted by Gasteiger charge is -2.31. The molecule has 4 aromatic rings. The first-order valence-corrected chi connectivity index (χ1v) is 12.3. The molecule has 1 amide bonds. The van der Waals surface area contributed by atoms with Crippen molar-refractivity contribution < 1.29 is 17.6 Å². The topological polar surface area (TPSA) is 92.5 Å². The Kier molecular flexibility index (Phi) is 5.70. The van der Waals surface area contributed by atoms with Crippen molar-refractivity contribution in [1.29, 1.82) is 0 Å². The number of aromatic nitrogens is 1. The Balaban J connectivity index is 1.31. The predicted molar refractivity (Wildman–Crippen MR) is 126 cm³/mol. The van der Waals surface area contributed by atoms with Crippen LogP contribution in [0.1, 0.15) is 12.8 Å². The minimum Gasteiger partial charge on any atom is -0.436 e. The van der Waals surface area contributed by atoms with E-state index < -0.39 is 15.9 Å². The van der Waals surface area contributed by atoms with Gasteiger partial charge in [-0.25, -0.2) is 13.4 Å². The summed E-state index contributed by atoms with van der Waals surface area (Å²) in [4.78, 5) is 17.7. The highest BCUT2D eigenvalue weighted by atomic mass is 32.2. The summed E-state index contributed by atoms with van der Waals surface area (Å²) in [5.74, 6) is -0.145. The second-order valence-corrected chi connectivity index (χ2v) is 10.0. The first kappa shape index (κ1) is 21.4. The van der Waals surface area contributed by atoms with E-state index in [-0.39, 0.29) is 17.3 Å². The molecular weight excluding hydrogens is 438 g/mol. The van der Waals surface area contributed by atoms with Gasteiger partial charge in [-0.2, -0.15) is 4.31 Å². The zero-order chi connectivity index (χ0) is 22.8. The van der Waals surface area contributed by atoms with Crippen molar-refractivity contribution in [3.05, 3.63) is 78.9 Å². The molecule has 3 aromatic carbocycles. The standard InChI is InChI=1S/C25H23N3O4S/c29-24(19-9-7-15-28(17-19)33(30,31)21-11-2-1-3-12-21)26-20-10-6-8-18(16-20)25-27-22-13-4-5-14-23(22)32-25/h1-6,8,10-14,16,19H,7,9,15,17H2,(H,26,29). The summed E-state index contributed by atoms with van der Waals surface area (Å²) >= 11 is 0. The van der Waals surface area contributed by atoms with Crippen LogP contribution in [0.5, 0.6) is 0 Å². The average molecular weight is 462 g/mol. The van der Waals surface area contributed by atoms with Gasteiger partial charge in [-0.15, -0.1) is 0 Å². The quantitative estimate of drug-likeness (QED) is 0.471. The van der Waals surface area contributed by atoms with Crippen LogP contribution in [0.25, 0.3) is 22.6 Å². The van der Waals surface area contributed by atoms with Crippen LogP contribution in [0.15, 0.2) is 88.2 Å². The van der Waals surface area contributed by atoms with Gasteiger partial charge in [0.25, 0.3) is 0 Å². The molecule has 0 radical (unpaired) electrons. The molecule has 5 rings (SSSR count). The number of amides is 1. The van der Waals surface area contributed by atoms with Crippen molar-refractivity contribution in [3.63, 3.8) is 0 Å². The number of hydrogen-bond donors (Lipinski definition) is 1. The maximum Gasteiger partial charge on any atom is 0.243 e. The molecule has 1 fully saturated rings. The Morgan fingerprint density at radius 2 is 1.79 bits per heavy atom. The minimum absolute atomic E-state index is 0.161. The molecule has 1 saturated heterocycles. The fourth-order valence-electron chi connectivity index (χ4n) is 4.09. The maximum atomic E-state index is 13.0. The van der Waals surface area contributed by atoms with Crippen LogP contribution in [0.2, 0.25) is 0 Å². The van der Waals surface area contributed by atoms with Gasteiger partial charge in [0.05, 0.1) is 10.8 Å². The number of carbonyl (C=O) groups excluding carboxylic acids is 1. The number of nitrogens with zero attached hydrogens (tertiary/aromatic N) is 2. The van der Waals surface area contributed by atoms with Crippen LogP contribution >= 0.6 is 0 Å². The molecule has 1 aromatic heterocycles. The first-order chi connectivity index (χ1) is 16.0. The van der Waals surface area contributed by atoms with Crippen LogP contribution in [0, 0.1) is 5.92 Å². The fraction of sp³-hybridized carbons (Fsp3) is 0.200. The van der Waals surface area contributed by atoms with Gasteiger partial charge in [0.1, 0.15) is 5.52 Å². The third kappa shape index (κ3) is 4.40. The number of carbonyl (C=O) groups is 1. The van der Waals surface area contributed by atoms with E-state index >= 15 is 0 Å². The summed E-state index contributed by atoms with van der Waals surface area (Å²) in [7, 11) is -3.62. The number of oxazole rings is 1. The highest BCUT2D eigenvalue weighted by Gasteiger charge is 2.33. The number of sulfonamides is 1. The van der Waals surface area contributed by atoms with Gasteiger partial charge < -0.3 is 9.73 Å². The molecule has 1 aliphatic rings. The lowest BCUT2D eigenvalue weighted by atomic mass is 9.98. The zero-order valence-electron chi connectivity index (χ0n) is 17.8. The van der Waals surface area contributed by atoms with E-state index in [9.17, 15) is 13.2 Å². The maximum absolute atomic E-state index is 13.0. The van der Waals surface area contributed by atoms with Gasteiger partial charge in [0.2, 0.25) is 21.8 Å². The van der Waals surface area contributed by atoms with Crippen LogP contribution < -0.4 is 5.32 Å². The molecule has 0 spiro atoms. The lowest BCUT2D eigenvalue weighted by Crippen LogP contribution is -2.43. The van der Waals surface area contributed by atoms with Crippen molar-refractivity contribution in [3.8, 4) is 11.5 Å². The SMILES string of the molecule is O=C(Nc1cccc(-c2nc3ccccc3o2)c1)C1CCCN(S(=O)(=O)c2ccccc2)C1. The largest absolute Gasteiger partial charge is 0.436 e. The number of benzene rings is 3. The molecular formula is C25H23N3O4S. The smallest absolute Gasteiger partial charge is 0.243 e. The zero-order valence-corrected chi connectivity index (χ0v) is 18.7. The Bertz CT molecular complexity index is 1370. The van der Waals surface area contributed by atoms with E-state index in [4.69, 9.17) is 4.42 Å². The van der Waals surface area contributed by atoms with Gasteiger partial charge >= 0.3 is 0 Å². The number of nitrogens with one attached hydrogen (secondary N) is 1. The van der Waals surface area contributed by atoms with Crippen LogP contribution in [-0.2, 0) is 14.8 Å². The number of para-hydroxylation sites is 2. The van der Waals surface area contributed by atoms with Gasteiger partial charge in [-0.3, -0.25) is 4.79 Å². The normalized spacial score (nSPS) is 17.2. The van der Waals surface area contributed by atoms with Crippen molar-refractivity contribution >= 4 is 32.7 Å². The molecule has 1 atom stereocenters. The summed E-state index contributed by atoms with van der Waals surface area (Å²) in [5.41, 5.74) is 2.83. The molecule has 7 nitrogen and oxygen atoms in total. The Morgan fingerprint density at radius 1 is 1.00 bits per heavy atom. The molecule has 1 aliphatic heterocycles. The van der Waals surface area contributed by atoms with E-state index in [0.717, 1.165) is 11.1 Å². The van der Waals surface area contributed by atoms with Crippen LogP contribution in [-0.4, -0.2) is 36.7 Å². The summed E-state index contributed by atoms with van der Waals surface area (Å²) in [6.07, 6.45) is 1.27. The molecule has 1 N–H and O–H groups in total. The molecule has 33 heavy (non-hydrogen) atoms. The van der Waals surface area contributed by atoms with E-state index in [0.29, 0.717) is 36.5 Å². The predicted octanol–water partition coefficient (Wildman–Crippen LogP) is 4.53. The third-order valence-electron chi connectivity index (χ3n) is 5.81. The number of hydrogen-bond acceptors (Lipinski definition) is 5. The summed E-state index contributed by atoms with van der Waals surface area (Å²) < 4.78 is 33.2. The molecule has 1 unspecified atom stereocenters. The Morgan fingerprint density at radius 3 is 2.61 bits per heavy atom. The Labute approximate surface area is 192 Å². The molecule has 0 bridgehead atoms. The second-order valence-electron chi connectivity index (χ2n) is 8.07. The molecule has 8 heteroatoms. The lowest BCUT2D eigenvalue weighted by molar-refractivity contribution is -0.120. The number of piperidine rings is 1. The monoisotopic (exact) mass is 461 g/mol. The van der Waals surface area contributed by atoms with Gasteiger partial charge in [0.15, 0.2) is 5.58 Å². The van der Waals surface area contributed by atoms with Crippen molar-refractivity contribution in [2.75, 3.05) is 18.4 Å². The minimum atomic E-state index is -3.62. The first-order valence-electron chi connectivity index (χ1n) is 10.8. The van der Waals surface area contributed by atoms with Crippen molar-refractivity contribution in [2.24, 2.45) is 5.92 Å². The average Bonchev–Trinajstić information content (AvgIpc) is 3.29. The number of anilines is 1. The fourth-order valence-corrected chi connectivity index (χ4v) is 5.63. The van der Waals surface area contributed by atoms with Gasteiger partial charge in [0, 0.05) is 24.3 Å². The van der Waals surface area contributed by atoms with Crippen LogP contribution in [0.3, 0.4) is 0 Å². The summed E-state index contributed by atoms with van der Waals surface area (Å²) in [6.45, 7) is 0.572. The number of rotatable bonds is 5. The second kappa shape index (κ2) is 8.80. The van der Waals surface area contributed by atoms with Gasteiger partial charge in [-0.1, -0.05) is 36.4 Å². The van der Waals surface area contributed by atoms with E-state index in [2.05, 4.69) is 10.3 Å². The summed E-state index contributed by atoms with van der Waals surface area (Å²) in [6, 6.07) is 23.2. The Hall–Kier alpha value is -3.49. The highest BCUT2D eigenvalue weighted by molar-refractivity contribution is 7.89. The molecule has 168 valence electrons. The molecule has 2 heterocycles. The highest BCUT2D eigenvalue weighted by Crippen LogP contribution is 2.28. The van der Waals surface area contributed by atoms with Crippen molar-refractivity contribution in [2.45, 2.75) is 17.7 Å². The summed E-state index contributed by atoms with van der Waals surface area (Å²) in [5, 5.41) is 2.94. The van der Waals surface area contributed by atoms with Gasteiger partial charge in [-0.05, 0) is 55.3 Å². The van der Waals surface area contributed by atoms with E-state index in [1.807, 2.05) is 42.5 Å². The van der Waals surface area contributed by atoms with E-state index in [1.165, 1.54) is 4.31 Å². The van der Waals surface area contributed by atoms with E-state index in [1.54, 1.807) is 36.4 Å². The third-order valence-corrected chi connectivity index (χ3v) is 7.69. The molecule has 0 saturated carbocycles. The number of fused-ring (bicyclic) bond motifs is 1. The molecule has 0 aliphatic carbocycles. The van der Waals surface area contributed by atoms with Crippen molar-refractivity contribution in [1.82, 2.24) is 9.29 Å². The van der Waals surface area contributed by atoms with Crippen LogP contribution in [0.4, 0.5) is 5.69 Å².